The summed E-state index contributed by atoms with van der Waals surface area (Å²) in [6, 6.07) is 3.80. The predicted molar refractivity (Wildman–Crippen MR) is 91.4 cm³/mol. The number of nitrogens with zero attached hydrogens (tertiary/aromatic N) is 4. The molecular formula is C15H19ClN4S. The van der Waals surface area contributed by atoms with Crippen molar-refractivity contribution in [1.82, 2.24) is 14.8 Å². The van der Waals surface area contributed by atoms with Gasteiger partial charge in [-0.15, -0.1) is 0 Å². The van der Waals surface area contributed by atoms with Crippen LogP contribution in [0.2, 0.25) is 5.15 Å². The van der Waals surface area contributed by atoms with E-state index in [1.54, 1.807) is 17.1 Å². The van der Waals surface area contributed by atoms with E-state index in [0.717, 1.165) is 29.3 Å². The van der Waals surface area contributed by atoms with Crippen molar-refractivity contribution in [3.05, 3.63) is 35.9 Å². The number of pyridine rings is 1. The summed E-state index contributed by atoms with van der Waals surface area (Å²) in [5, 5.41) is 4.81. The van der Waals surface area contributed by atoms with Crippen LogP contribution in [0.4, 0.5) is 5.69 Å². The Hall–Kier alpha value is -1.46. The molecule has 2 heterocycles. The molecule has 0 aliphatic rings. The Morgan fingerprint density at radius 3 is 2.81 bits per heavy atom. The van der Waals surface area contributed by atoms with E-state index < -0.39 is 0 Å². The standard InChI is InChI=1S/C15H19ClN4S/c1-4-11(3)15(21)19(5-2)13-10-20(18-14(13)16)12-7-6-8-17-9-12/h6-11H,4-5H2,1-3H3. The Balaban J connectivity index is 2.35. The Morgan fingerprint density at radius 1 is 1.48 bits per heavy atom. The van der Waals surface area contributed by atoms with Crippen LogP contribution in [0.1, 0.15) is 27.2 Å². The van der Waals surface area contributed by atoms with Gasteiger partial charge in [0.25, 0.3) is 0 Å². The molecular weight excluding hydrogens is 304 g/mol. The quantitative estimate of drug-likeness (QED) is 0.775. The van der Waals surface area contributed by atoms with Crippen LogP contribution in [-0.2, 0) is 0 Å². The number of halogens is 1. The largest absolute Gasteiger partial charge is 0.332 e. The lowest BCUT2D eigenvalue weighted by Crippen LogP contribution is -2.33. The van der Waals surface area contributed by atoms with Gasteiger partial charge in [0.15, 0.2) is 5.15 Å². The van der Waals surface area contributed by atoms with E-state index >= 15 is 0 Å². The highest BCUT2D eigenvalue weighted by molar-refractivity contribution is 7.80. The summed E-state index contributed by atoms with van der Waals surface area (Å²) in [4.78, 5) is 7.04. The third-order valence-corrected chi connectivity index (χ3v) is 4.36. The first-order valence-electron chi connectivity index (χ1n) is 7.05. The number of aromatic nitrogens is 3. The summed E-state index contributed by atoms with van der Waals surface area (Å²) >= 11 is 11.9. The van der Waals surface area contributed by atoms with E-state index in [-0.39, 0.29) is 0 Å². The predicted octanol–water partition coefficient (Wildman–Crippen LogP) is 4.12. The van der Waals surface area contributed by atoms with Crippen LogP contribution in [0, 0.1) is 5.92 Å². The van der Waals surface area contributed by atoms with Crippen LogP contribution in [0.15, 0.2) is 30.7 Å². The van der Waals surface area contributed by atoms with Gasteiger partial charge in [0.1, 0.15) is 0 Å². The Bertz CT molecular complexity index is 611. The minimum atomic E-state index is 0.331. The monoisotopic (exact) mass is 322 g/mol. The van der Waals surface area contributed by atoms with Crippen molar-refractivity contribution in [2.24, 2.45) is 5.92 Å². The number of thiocarbonyl (C=S) groups is 1. The normalized spacial score (nSPS) is 12.2. The summed E-state index contributed by atoms with van der Waals surface area (Å²) in [6.07, 6.45) is 6.38. The van der Waals surface area contributed by atoms with Gasteiger partial charge in [0, 0.05) is 18.7 Å². The highest BCUT2D eigenvalue weighted by Crippen LogP contribution is 2.28. The van der Waals surface area contributed by atoms with E-state index in [9.17, 15) is 0 Å². The second-order valence-corrected chi connectivity index (χ2v) is 5.63. The minimum Gasteiger partial charge on any atom is -0.332 e. The fourth-order valence-electron chi connectivity index (χ4n) is 2.03. The maximum atomic E-state index is 6.31. The summed E-state index contributed by atoms with van der Waals surface area (Å²) < 4.78 is 1.73. The van der Waals surface area contributed by atoms with Crippen molar-refractivity contribution in [1.29, 1.82) is 0 Å². The van der Waals surface area contributed by atoms with Gasteiger partial charge in [-0.1, -0.05) is 37.7 Å². The van der Waals surface area contributed by atoms with E-state index in [1.165, 1.54) is 0 Å². The molecule has 2 aromatic heterocycles. The van der Waals surface area contributed by atoms with Crippen LogP contribution in [0.25, 0.3) is 5.69 Å². The molecule has 0 saturated heterocycles. The number of anilines is 1. The topological polar surface area (TPSA) is 34.0 Å². The van der Waals surface area contributed by atoms with Gasteiger partial charge >= 0.3 is 0 Å². The first kappa shape index (κ1) is 15.9. The average molecular weight is 323 g/mol. The summed E-state index contributed by atoms with van der Waals surface area (Å²) in [6.45, 7) is 7.09. The molecule has 0 saturated carbocycles. The van der Waals surface area contributed by atoms with Gasteiger partial charge < -0.3 is 4.90 Å². The second kappa shape index (κ2) is 7.00. The van der Waals surface area contributed by atoms with E-state index in [1.807, 2.05) is 23.2 Å². The van der Waals surface area contributed by atoms with Crippen LogP contribution >= 0.6 is 23.8 Å². The van der Waals surface area contributed by atoms with Crippen LogP contribution in [0.3, 0.4) is 0 Å². The zero-order valence-corrected chi connectivity index (χ0v) is 14.0. The van der Waals surface area contributed by atoms with E-state index in [0.29, 0.717) is 11.1 Å². The number of rotatable bonds is 5. The molecule has 2 rings (SSSR count). The molecule has 112 valence electrons. The molecule has 1 unspecified atom stereocenters. The molecule has 0 aliphatic carbocycles. The smallest absolute Gasteiger partial charge is 0.175 e. The molecule has 6 heteroatoms. The van der Waals surface area contributed by atoms with Crippen LogP contribution in [-0.4, -0.2) is 26.3 Å². The molecule has 4 nitrogen and oxygen atoms in total. The van der Waals surface area contributed by atoms with Gasteiger partial charge in [0.2, 0.25) is 0 Å². The molecule has 0 fully saturated rings. The fraction of sp³-hybridized carbons (Fsp3) is 0.400. The third-order valence-electron chi connectivity index (χ3n) is 3.47. The minimum absolute atomic E-state index is 0.331. The molecule has 0 amide bonds. The number of hydrogen-bond donors (Lipinski definition) is 0. The number of hydrogen-bond acceptors (Lipinski definition) is 3. The molecule has 0 N–H and O–H groups in total. The zero-order chi connectivity index (χ0) is 15.4. The van der Waals surface area contributed by atoms with Crippen molar-refractivity contribution in [2.45, 2.75) is 27.2 Å². The molecule has 2 aromatic rings. The molecule has 0 aliphatic heterocycles. The van der Waals surface area contributed by atoms with Gasteiger partial charge in [-0.3, -0.25) is 4.98 Å². The maximum Gasteiger partial charge on any atom is 0.175 e. The molecule has 0 aromatic carbocycles. The lowest BCUT2D eigenvalue weighted by atomic mass is 10.1. The van der Waals surface area contributed by atoms with Gasteiger partial charge in [-0.2, -0.15) is 5.10 Å². The average Bonchev–Trinajstić information content (AvgIpc) is 2.90. The highest BCUT2D eigenvalue weighted by Gasteiger charge is 2.20. The summed E-state index contributed by atoms with van der Waals surface area (Å²) in [5.41, 5.74) is 1.71. The molecule has 0 spiro atoms. The van der Waals surface area contributed by atoms with Gasteiger partial charge in [-0.05, 0) is 25.5 Å². The van der Waals surface area contributed by atoms with Crippen molar-refractivity contribution >= 4 is 34.5 Å². The molecule has 1 atom stereocenters. The summed E-state index contributed by atoms with van der Waals surface area (Å²) in [5.74, 6) is 0.331. The lowest BCUT2D eigenvalue weighted by molar-refractivity contribution is 0.732. The Kier molecular flexibility index (Phi) is 5.31. The molecule has 21 heavy (non-hydrogen) atoms. The second-order valence-electron chi connectivity index (χ2n) is 4.85. The molecule has 0 bridgehead atoms. The highest BCUT2D eigenvalue weighted by atomic mass is 35.5. The first-order valence-corrected chi connectivity index (χ1v) is 7.84. The zero-order valence-electron chi connectivity index (χ0n) is 12.5. The Morgan fingerprint density at radius 2 is 2.24 bits per heavy atom. The van der Waals surface area contributed by atoms with Crippen molar-refractivity contribution < 1.29 is 0 Å². The maximum absolute atomic E-state index is 6.31. The van der Waals surface area contributed by atoms with Crippen LogP contribution in [0.5, 0.6) is 0 Å². The van der Waals surface area contributed by atoms with Gasteiger partial charge in [-0.25, -0.2) is 4.68 Å². The molecule has 0 radical (unpaired) electrons. The van der Waals surface area contributed by atoms with Gasteiger partial charge in [0.05, 0.1) is 28.8 Å². The summed E-state index contributed by atoms with van der Waals surface area (Å²) in [7, 11) is 0. The van der Waals surface area contributed by atoms with Crippen LogP contribution < -0.4 is 4.90 Å². The van der Waals surface area contributed by atoms with Crippen molar-refractivity contribution in [3.8, 4) is 5.69 Å². The SMILES string of the molecule is CCC(C)C(=S)N(CC)c1cn(-c2cccnc2)nc1Cl. The fourth-order valence-corrected chi connectivity index (χ4v) is 2.66. The van der Waals surface area contributed by atoms with E-state index in [2.05, 4.69) is 30.9 Å². The van der Waals surface area contributed by atoms with Crippen molar-refractivity contribution in [2.75, 3.05) is 11.4 Å². The van der Waals surface area contributed by atoms with Crippen molar-refractivity contribution in [3.63, 3.8) is 0 Å². The Labute approximate surface area is 135 Å². The first-order chi connectivity index (χ1) is 10.1. The third kappa shape index (κ3) is 3.41. The van der Waals surface area contributed by atoms with E-state index in [4.69, 9.17) is 23.8 Å². The lowest BCUT2D eigenvalue weighted by Gasteiger charge is -2.25.